The van der Waals surface area contributed by atoms with Crippen LogP contribution >= 0.6 is 11.8 Å². The van der Waals surface area contributed by atoms with E-state index in [-0.39, 0.29) is 36.6 Å². The van der Waals surface area contributed by atoms with Crippen LogP contribution in [0.25, 0.3) is 11.4 Å². The average molecular weight is 648 g/mol. The first-order valence-electron chi connectivity index (χ1n) is 16.1. The molecule has 0 unspecified atom stereocenters. The first-order chi connectivity index (χ1) is 22.3. The normalized spacial score (nSPS) is 20.0. The van der Waals surface area contributed by atoms with Gasteiger partial charge in [-0.25, -0.2) is 9.67 Å². The predicted molar refractivity (Wildman–Crippen MR) is 179 cm³/mol. The highest BCUT2D eigenvalue weighted by Gasteiger charge is 2.30. The Morgan fingerprint density at radius 1 is 1.02 bits per heavy atom. The fourth-order valence-corrected chi connectivity index (χ4v) is 6.30. The molecule has 2 aliphatic heterocycles. The van der Waals surface area contributed by atoms with E-state index in [4.69, 9.17) is 14.8 Å². The van der Waals surface area contributed by atoms with Crippen LogP contribution in [0.4, 0.5) is 0 Å². The minimum absolute atomic E-state index is 0.00815. The molecule has 3 heterocycles. The zero-order chi connectivity index (χ0) is 32.5. The second-order valence-corrected chi connectivity index (χ2v) is 13.2. The topological polar surface area (TPSA) is 122 Å². The highest BCUT2D eigenvalue weighted by molar-refractivity contribution is 7.98. The van der Waals surface area contributed by atoms with Gasteiger partial charge in [0.2, 0.25) is 17.7 Å². The van der Waals surface area contributed by atoms with Crippen LogP contribution in [0.2, 0.25) is 0 Å². The van der Waals surface area contributed by atoms with E-state index in [9.17, 15) is 14.4 Å². The third-order valence-corrected chi connectivity index (χ3v) is 9.04. The Labute approximate surface area is 275 Å². The Morgan fingerprint density at radius 2 is 1.80 bits per heavy atom. The SMILES string of the molecule is CSCC[C@@H]1NC(=O)CCCN(C(=O)CN2CCOc3ccccc3C2)CCn2nc(-c3ccccc3)nc2[C@@H](C(C)C)NC1=O. The molecule has 0 fully saturated rings. The highest BCUT2D eigenvalue weighted by atomic mass is 32.2. The van der Waals surface area contributed by atoms with Crippen LogP contribution in [0.3, 0.4) is 0 Å². The van der Waals surface area contributed by atoms with Crippen molar-refractivity contribution in [2.75, 3.05) is 44.8 Å². The molecule has 0 bridgehead atoms. The number of amides is 3. The van der Waals surface area contributed by atoms with Gasteiger partial charge < -0.3 is 20.3 Å². The molecule has 0 radical (unpaired) electrons. The number of nitrogens with zero attached hydrogens (tertiary/aromatic N) is 5. The minimum atomic E-state index is -0.667. The smallest absolute Gasteiger partial charge is 0.243 e. The Kier molecular flexibility index (Phi) is 11.7. The first kappa shape index (κ1) is 33.5. The summed E-state index contributed by atoms with van der Waals surface area (Å²) in [6.45, 7) is 7.27. The number of benzene rings is 2. The predicted octanol–water partition coefficient (Wildman–Crippen LogP) is 3.51. The summed E-state index contributed by atoms with van der Waals surface area (Å²) < 4.78 is 7.76. The van der Waals surface area contributed by atoms with Crippen LogP contribution in [0, 0.1) is 5.92 Å². The number of thioether (sulfide) groups is 1. The van der Waals surface area contributed by atoms with Gasteiger partial charge in [-0.3, -0.25) is 19.3 Å². The van der Waals surface area contributed by atoms with Crippen LogP contribution in [0.1, 0.15) is 50.5 Å². The van der Waals surface area contributed by atoms with E-state index in [1.54, 1.807) is 11.8 Å². The maximum absolute atomic E-state index is 13.9. The molecule has 11 nitrogen and oxygen atoms in total. The number of hydrogen-bond acceptors (Lipinski definition) is 8. The molecule has 0 spiro atoms. The lowest BCUT2D eigenvalue weighted by atomic mass is 10.0. The van der Waals surface area contributed by atoms with Crippen molar-refractivity contribution in [1.82, 2.24) is 35.2 Å². The van der Waals surface area contributed by atoms with E-state index in [0.29, 0.717) is 63.8 Å². The van der Waals surface area contributed by atoms with E-state index in [2.05, 4.69) is 15.5 Å². The van der Waals surface area contributed by atoms with E-state index >= 15 is 0 Å². The molecule has 2 atom stereocenters. The zero-order valence-corrected chi connectivity index (χ0v) is 27.8. The molecule has 3 amide bonds. The maximum atomic E-state index is 13.9. The van der Waals surface area contributed by atoms with Gasteiger partial charge in [0, 0.05) is 43.7 Å². The molecule has 1 aromatic heterocycles. The van der Waals surface area contributed by atoms with Gasteiger partial charge in [-0.2, -0.15) is 16.9 Å². The van der Waals surface area contributed by atoms with Gasteiger partial charge in [-0.1, -0.05) is 62.4 Å². The summed E-state index contributed by atoms with van der Waals surface area (Å²) in [6.07, 6.45) is 3.20. The fourth-order valence-electron chi connectivity index (χ4n) is 5.83. The Hall–Kier alpha value is -3.90. The lowest BCUT2D eigenvalue weighted by molar-refractivity contribution is -0.133. The Balaban J connectivity index is 1.43. The van der Waals surface area contributed by atoms with Crippen molar-refractivity contribution in [2.24, 2.45) is 5.92 Å². The van der Waals surface area contributed by atoms with E-state index in [1.807, 2.05) is 84.3 Å². The second kappa shape index (κ2) is 16.1. The lowest BCUT2D eigenvalue weighted by Crippen LogP contribution is -2.49. The van der Waals surface area contributed by atoms with Crippen molar-refractivity contribution >= 4 is 29.5 Å². The standard InChI is InChI=1S/C34H45N7O4S/c1-24(2)31-33-37-32(25-10-5-4-6-11-25)38-41(33)18-17-40(16-9-14-29(42)35-27(15-21-46-3)34(44)36-31)30(43)23-39-19-20-45-28-13-8-7-12-26(28)22-39/h4-8,10-13,24,27,31H,9,14-23H2,1-3H3,(H,35,42)(H,36,44)/t27-,31+/m0/s1. The lowest BCUT2D eigenvalue weighted by Gasteiger charge is -2.29. The van der Waals surface area contributed by atoms with Crippen LogP contribution < -0.4 is 15.4 Å². The van der Waals surface area contributed by atoms with Crippen LogP contribution in [-0.4, -0.2) is 93.1 Å². The summed E-state index contributed by atoms with van der Waals surface area (Å²) in [5.41, 5.74) is 1.93. The molecule has 0 aliphatic carbocycles. The number of para-hydroxylation sites is 1. The number of hydrogen-bond donors (Lipinski definition) is 2. The Morgan fingerprint density at radius 3 is 2.59 bits per heavy atom. The molecule has 246 valence electrons. The van der Waals surface area contributed by atoms with Crippen molar-refractivity contribution in [1.29, 1.82) is 0 Å². The summed E-state index contributed by atoms with van der Waals surface area (Å²) in [5.74, 6) is 2.34. The van der Waals surface area contributed by atoms with Gasteiger partial charge in [0.25, 0.3) is 0 Å². The first-order valence-corrected chi connectivity index (χ1v) is 17.5. The third kappa shape index (κ3) is 8.67. The van der Waals surface area contributed by atoms with E-state index in [1.165, 1.54) is 0 Å². The minimum Gasteiger partial charge on any atom is -0.492 e. The molecular weight excluding hydrogens is 602 g/mol. The number of rotatable bonds is 7. The molecule has 12 heteroatoms. The van der Waals surface area contributed by atoms with Crippen LogP contribution in [0.5, 0.6) is 5.75 Å². The highest BCUT2D eigenvalue weighted by Crippen LogP contribution is 2.25. The van der Waals surface area contributed by atoms with Crippen molar-refractivity contribution in [2.45, 2.75) is 58.3 Å². The van der Waals surface area contributed by atoms with Crippen molar-refractivity contribution in [3.05, 3.63) is 66.0 Å². The molecule has 2 aromatic carbocycles. The summed E-state index contributed by atoms with van der Waals surface area (Å²) in [4.78, 5) is 49.4. The van der Waals surface area contributed by atoms with Crippen LogP contribution in [-0.2, 0) is 27.5 Å². The van der Waals surface area contributed by atoms with E-state index in [0.717, 1.165) is 22.6 Å². The average Bonchev–Trinajstić information content (AvgIpc) is 3.36. The molecule has 5 rings (SSSR count). The molecule has 3 aromatic rings. The van der Waals surface area contributed by atoms with Gasteiger partial charge in [0.15, 0.2) is 11.6 Å². The molecule has 2 aliphatic rings. The monoisotopic (exact) mass is 647 g/mol. The van der Waals surface area contributed by atoms with Crippen molar-refractivity contribution in [3.63, 3.8) is 0 Å². The number of carbonyl (C=O) groups is 3. The summed E-state index contributed by atoms with van der Waals surface area (Å²) >= 11 is 1.63. The fraction of sp³-hybridized carbons (Fsp3) is 0.500. The van der Waals surface area contributed by atoms with Crippen molar-refractivity contribution in [3.8, 4) is 17.1 Å². The maximum Gasteiger partial charge on any atom is 0.243 e. The molecule has 46 heavy (non-hydrogen) atoms. The Bertz CT molecular complexity index is 1480. The van der Waals surface area contributed by atoms with Crippen LogP contribution in [0.15, 0.2) is 54.6 Å². The summed E-state index contributed by atoms with van der Waals surface area (Å²) in [6, 6.07) is 16.6. The summed E-state index contributed by atoms with van der Waals surface area (Å²) in [5, 5.41) is 11.0. The van der Waals surface area contributed by atoms with Gasteiger partial charge in [-0.15, -0.1) is 0 Å². The van der Waals surface area contributed by atoms with Gasteiger partial charge >= 0.3 is 0 Å². The summed E-state index contributed by atoms with van der Waals surface area (Å²) in [7, 11) is 0. The second-order valence-electron chi connectivity index (χ2n) is 12.2. The molecule has 0 saturated carbocycles. The van der Waals surface area contributed by atoms with Gasteiger partial charge in [0.05, 0.1) is 19.1 Å². The number of ether oxygens (including phenoxy) is 1. The number of nitrogens with one attached hydrogen (secondary N) is 2. The van der Waals surface area contributed by atoms with E-state index < -0.39 is 12.1 Å². The number of aromatic nitrogens is 3. The number of carbonyl (C=O) groups excluding carboxylic acids is 3. The van der Waals surface area contributed by atoms with Gasteiger partial charge in [-0.05, 0) is 36.8 Å². The quantitative estimate of drug-likeness (QED) is 0.400. The third-order valence-electron chi connectivity index (χ3n) is 8.39. The molecular formula is C34H45N7O4S. The van der Waals surface area contributed by atoms with Gasteiger partial charge in [0.1, 0.15) is 18.4 Å². The largest absolute Gasteiger partial charge is 0.492 e. The molecule has 0 saturated heterocycles. The number of fused-ring (bicyclic) bond motifs is 2. The van der Waals surface area contributed by atoms with Crippen molar-refractivity contribution < 1.29 is 19.1 Å². The molecule has 2 N–H and O–H groups in total. The zero-order valence-electron chi connectivity index (χ0n) is 27.0.